The maximum atomic E-state index is 14.5. The van der Waals surface area contributed by atoms with E-state index in [0.717, 1.165) is 43.0 Å². The Kier molecular flexibility index (Phi) is 8.71. The number of rotatable bonds is 8. The monoisotopic (exact) mass is 633 g/mol. The van der Waals surface area contributed by atoms with Gasteiger partial charge in [0, 0.05) is 38.3 Å². The molecule has 3 heterocycles. The van der Waals surface area contributed by atoms with Crippen LogP contribution in [0.15, 0.2) is 82.5 Å². The van der Waals surface area contributed by atoms with E-state index in [4.69, 9.17) is 9.47 Å². The lowest BCUT2D eigenvalue weighted by atomic mass is 10.0. The van der Waals surface area contributed by atoms with E-state index in [2.05, 4.69) is 16.8 Å². The topological polar surface area (TPSA) is 106 Å². The quantitative estimate of drug-likeness (QED) is 0.292. The van der Waals surface area contributed by atoms with Gasteiger partial charge in [0.2, 0.25) is 0 Å². The van der Waals surface area contributed by atoms with E-state index < -0.39 is 21.8 Å². The molecule has 12 heteroatoms. The number of hydrogen-bond donors (Lipinski definition) is 0. The molecule has 6 rings (SSSR count). The molecule has 1 unspecified atom stereocenters. The lowest BCUT2D eigenvalue weighted by molar-refractivity contribution is -0.135. The summed E-state index contributed by atoms with van der Waals surface area (Å²) in [5.74, 6) is 0.205. The van der Waals surface area contributed by atoms with E-state index in [1.165, 1.54) is 37.0 Å². The van der Waals surface area contributed by atoms with Gasteiger partial charge in [-0.05, 0) is 62.8 Å². The Morgan fingerprint density at radius 3 is 2.11 bits per heavy atom. The number of hydrogen-bond acceptors (Lipinski definition) is 8. The van der Waals surface area contributed by atoms with Crippen LogP contribution in [0.4, 0.5) is 0 Å². The highest BCUT2D eigenvalue weighted by atomic mass is 32.2. The lowest BCUT2D eigenvalue weighted by Gasteiger charge is -2.42. The minimum atomic E-state index is -4.47. The van der Waals surface area contributed by atoms with Gasteiger partial charge in [-0.25, -0.2) is 13.2 Å². The van der Waals surface area contributed by atoms with Gasteiger partial charge >= 0.3 is 5.69 Å². The Labute approximate surface area is 263 Å². The number of piperazine rings is 1. The van der Waals surface area contributed by atoms with Gasteiger partial charge in [-0.15, -0.1) is 0 Å². The number of carbonyl (C=O) groups excluding carboxylic acids is 1. The number of piperidine rings is 1. The summed E-state index contributed by atoms with van der Waals surface area (Å²) < 4.78 is 41.2. The normalized spacial score (nSPS) is 17.8. The molecule has 2 aliphatic heterocycles. The van der Waals surface area contributed by atoms with Crippen molar-refractivity contribution in [3.63, 3.8) is 0 Å². The predicted molar refractivity (Wildman–Crippen MR) is 172 cm³/mol. The van der Waals surface area contributed by atoms with Gasteiger partial charge in [0.05, 0.1) is 25.3 Å². The van der Waals surface area contributed by atoms with E-state index in [-0.39, 0.29) is 22.1 Å². The maximum absolute atomic E-state index is 14.5. The molecule has 2 saturated heterocycles. The van der Waals surface area contributed by atoms with E-state index in [1.54, 1.807) is 36.4 Å². The van der Waals surface area contributed by atoms with Crippen LogP contribution in [0, 0.1) is 0 Å². The fraction of sp³-hybridized carbons (Fsp3) is 0.394. The van der Waals surface area contributed by atoms with Crippen LogP contribution in [-0.4, -0.2) is 104 Å². The van der Waals surface area contributed by atoms with Crippen LogP contribution in [0.1, 0.15) is 24.4 Å². The summed E-state index contributed by atoms with van der Waals surface area (Å²) in [6, 6.07) is 19.5. The third-order valence-corrected chi connectivity index (χ3v) is 10.8. The Hall–Kier alpha value is -4.13. The molecule has 0 bridgehead atoms. The predicted octanol–water partition coefficient (Wildman–Crippen LogP) is 2.89. The first-order chi connectivity index (χ1) is 21.7. The van der Waals surface area contributed by atoms with Crippen molar-refractivity contribution in [3.8, 4) is 11.5 Å². The molecule has 1 amide bonds. The largest absolute Gasteiger partial charge is 0.497 e. The van der Waals surface area contributed by atoms with Gasteiger partial charge in [-0.3, -0.25) is 14.3 Å². The van der Waals surface area contributed by atoms with Crippen molar-refractivity contribution in [2.24, 2.45) is 0 Å². The molecule has 1 atom stereocenters. The number of likely N-dealkylation sites (tertiary alicyclic amines) is 1. The maximum Gasteiger partial charge on any atom is 0.344 e. The molecule has 0 aliphatic carbocycles. The van der Waals surface area contributed by atoms with Crippen molar-refractivity contribution in [2.75, 3.05) is 60.5 Å². The molecule has 2 fully saturated rings. The lowest BCUT2D eigenvalue weighted by Crippen LogP contribution is -2.55. The zero-order valence-electron chi connectivity index (χ0n) is 25.8. The summed E-state index contributed by atoms with van der Waals surface area (Å²) in [6.07, 6.45) is 2.22. The van der Waals surface area contributed by atoms with Crippen LogP contribution in [0.3, 0.4) is 0 Å². The Morgan fingerprint density at radius 2 is 1.47 bits per heavy atom. The summed E-state index contributed by atoms with van der Waals surface area (Å²) in [4.78, 5) is 35.3. The number of amides is 1. The zero-order valence-corrected chi connectivity index (χ0v) is 26.7. The number of nitrogens with zero attached hydrogens (tertiary/aromatic N) is 5. The average molecular weight is 634 g/mol. The molecule has 1 aromatic heterocycles. The molecular weight excluding hydrogens is 594 g/mol. The van der Waals surface area contributed by atoms with E-state index in [1.807, 2.05) is 23.1 Å². The molecule has 2 aliphatic rings. The summed E-state index contributed by atoms with van der Waals surface area (Å²) in [5, 5.41) is 0. The van der Waals surface area contributed by atoms with Crippen LogP contribution in [0.2, 0.25) is 0 Å². The van der Waals surface area contributed by atoms with Gasteiger partial charge in [0.15, 0.2) is 0 Å². The van der Waals surface area contributed by atoms with E-state index in [9.17, 15) is 18.0 Å². The van der Waals surface area contributed by atoms with Crippen molar-refractivity contribution in [2.45, 2.75) is 29.8 Å². The van der Waals surface area contributed by atoms with Gasteiger partial charge in [-0.1, -0.05) is 42.5 Å². The number of aromatic nitrogens is 2. The molecular formula is C33H39N5O6S. The van der Waals surface area contributed by atoms with Gasteiger partial charge in [-0.2, -0.15) is 3.97 Å². The van der Waals surface area contributed by atoms with E-state index >= 15 is 0 Å². The van der Waals surface area contributed by atoms with Crippen LogP contribution in [0.5, 0.6) is 11.5 Å². The van der Waals surface area contributed by atoms with Crippen molar-refractivity contribution in [1.29, 1.82) is 0 Å². The van der Waals surface area contributed by atoms with Crippen molar-refractivity contribution >= 4 is 27.0 Å². The first-order valence-corrected chi connectivity index (χ1v) is 16.6. The number of fused-ring (bicyclic) bond motifs is 1. The number of imidazole rings is 1. The summed E-state index contributed by atoms with van der Waals surface area (Å²) >= 11 is 0. The molecule has 45 heavy (non-hydrogen) atoms. The third kappa shape index (κ3) is 5.73. The van der Waals surface area contributed by atoms with Crippen molar-refractivity contribution in [3.05, 3.63) is 88.8 Å². The van der Waals surface area contributed by atoms with Crippen LogP contribution < -0.4 is 15.2 Å². The molecule has 3 aromatic carbocycles. The SMILES string of the molecule is COc1ccc(S(=O)(=O)n2c(=O)n(C(C(=O)N3CCN(C4CCN(C)CC4)CC3)c3ccccc3)c3ccccc32)c(OC)c1. The van der Waals surface area contributed by atoms with Crippen LogP contribution in [-0.2, 0) is 14.8 Å². The third-order valence-electron chi connectivity index (χ3n) is 9.07. The summed E-state index contributed by atoms with van der Waals surface area (Å²) in [6.45, 7) is 4.71. The smallest absolute Gasteiger partial charge is 0.344 e. The molecule has 238 valence electrons. The van der Waals surface area contributed by atoms with Crippen molar-refractivity contribution < 1.29 is 22.7 Å². The summed E-state index contributed by atoms with van der Waals surface area (Å²) in [7, 11) is 0.508. The Morgan fingerprint density at radius 1 is 0.822 bits per heavy atom. The number of carbonyl (C=O) groups is 1. The fourth-order valence-electron chi connectivity index (χ4n) is 6.59. The fourth-order valence-corrected chi connectivity index (χ4v) is 8.13. The van der Waals surface area contributed by atoms with Gasteiger partial charge in [0.1, 0.15) is 22.4 Å². The molecule has 0 spiro atoms. The first-order valence-electron chi connectivity index (χ1n) is 15.2. The zero-order chi connectivity index (χ0) is 31.7. The molecule has 0 radical (unpaired) electrons. The number of ether oxygens (including phenoxy) is 2. The number of benzene rings is 3. The first kappa shape index (κ1) is 30.9. The standard InChI is InChI=1S/C33H39N5O6S/c1-34-17-15-25(16-18-34)35-19-21-36(22-20-35)32(39)31(24-9-5-4-6-10-24)37-27-11-7-8-12-28(27)38(33(37)40)45(41,42)30-14-13-26(43-2)23-29(30)44-3/h4-14,23,25,31H,15-22H2,1-3H3. The Balaban J connectivity index is 1.42. The molecule has 11 nitrogen and oxygen atoms in total. The highest BCUT2D eigenvalue weighted by Gasteiger charge is 2.37. The molecule has 0 saturated carbocycles. The second kappa shape index (κ2) is 12.7. The highest BCUT2D eigenvalue weighted by Crippen LogP contribution is 2.32. The molecule has 4 aromatic rings. The number of para-hydroxylation sites is 2. The highest BCUT2D eigenvalue weighted by molar-refractivity contribution is 7.90. The summed E-state index contributed by atoms with van der Waals surface area (Å²) in [5.41, 5.74) is 0.276. The minimum absolute atomic E-state index is 0.0382. The Bertz CT molecular complexity index is 1840. The molecule has 0 N–H and O–H groups in total. The second-order valence-corrected chi connectivity index (χ2v) is 13.4. The van der Waals surface area contributed by atoms with Crippen LogP contribution >= 0.6 is 0 Å². The van der Waals surface area contributed by atoms with E-state index in [0.29, 0.717) is 36.0 Å². The number of methoxy groups -OCH3 is 2. The van der Waals surface area contributed by atoms with Gasteiger partial charge < -0.3 is 19.3 Å². The van der Waals surface area contributed by atoms with Crippen molar-refractivity contribution in [1.82, 2.24) is 23.2 Å². The van der Waals surface area contributed by atoms with Gasteiger partial charge in [0.25, 0.3) is 15.9 Å². The minimum Gasteiger partial charge on any atom is -0.497 e. The van der Waals surface area contributed by atoms with Crippen LogP contribution in [0.25, 0.3) is 11.0 Å². The average Bonchev–Trinajstić information content (AvgIpc) is 3.37. The second-order valence-electron chi connectivity index (χ2n) is 11.6.